The lowest BCUT2D eigenvalue weighted by Gasteiger charge is -2.07. The van der Waals surface area contributed by atoms with E-state index in [9.17, 15) is 4.79 Å². The molecule has 2 aromatic carbocycles. The normalized spacial score (nSPS) is 10.7. The van der Waals surface area contributed by atoms with Crippen LogP contribution in [-0.4, -0.2) is 20.9 Å². The number of carbonyl (C=O) groups excluding carboxylic acids is 1. The molecule has 7 heteroatoms. The lowest BCUT2D eigenvalue weighted by molar-refractivity contribution is 0.100. The van der Waals surface area contributed by atoms with E-state index in [1.807, 2.05) is 23.6 Å². The minimum absolute atomic E-state index is 0.454. The van der Waals surface area contributed by atoms with Gasteiger partial charge in [-0.15, -0.1) is 11.3 Å². The van der Waals surface area contributed by atoms with Crippen LogP contribution in [0.4, 0.5) is 11.6 Å². The zero-order chi connectivity index (χ0) is 17.2. The summed E-state index contributed by atoms with van der Waals surface area (Å²) >= 11 is 1.60. The van der Waals surface area contributed by atoms with E-state index in [0.29, 0.717) is 11.5 Å². The summed E-state index contributed by atoms with van der Waals surface area (Å²) in [6, 6.07) is 12.8. The maximum atomic E-state index is 11.1. The summed E-state index contributed by atoms with van der Waals surface area (Å²) in [5.74, 6) is 0.0332. The van der Waals surface area contributed by atoms with Crippen LogP contribution in [0.15, 0.2) is 60.2 Å². The topological polar surface area (TPSA) is 93.8 Å². The SMILES string of the molecule is NC(=O)c1ccc(Nc2ncc3cc(-c4nccs4)ccc3n2)cc1. The van der Waals surface area contributed by atoms with Gasteiger partial charge in [0.2, 0.25) is 11.9 Å². The van der Waals surface area contributed by atoms with Crippen LogP contribution in [0, 0.1) is 0 Å². The first-order valence-electron chi connectivity index (χ1n) is 7.52. The number of fused-ring (bicyclic) bond motifs is 1. The maximum absolute atomic E-state index is 11.1. The van der Waals surface area contributed by atoms with Crippen LogP contribution in [0.3, 0.4) is 0 Å². The number of amides is 1. The smallest absolute Gasteiger partial charge is 0.248 e. The van der Waals surface area contributed by atoms with Gasteiger partial charge in [-0.1, -0.05) is 0 Å². The lowest BCUT2D eigenvalue weighted by Crippen LogP contribution is -2.10. The van der Waals surface area contributed by atoms with Crippen LogP contribution >= 0.6 is 11.3 Å². The van der Waals surface area contributed by atoms with E-state index < -0.39 is 5.91 Å². The first kappa shape index (κ1) is 15.2. The van der Waals surface area contributed by atoms with Gasteiger partial charge in [0.1, 0.15) is 5.01 Å². The predicted octanol–water partition coefficient (Wildman–Crippen LogP) is 3.60. The Morgan fingerprint density at radius 2 is 1.92 bits per heavy atom. The van der Waals surface area contributed by atoms with Gasteiger partial charge in [-0.2, -0.15) is 0 Å². The van der Waals surface area contributed by atoms with Crippen LogP contribution in [0.25, 0.3) is 21.5 Å². The maximum Gasteiger partial charge on any atom is 0.248 e. The first-order chi connectivity index (χ1) is 12.2. The number of benzene rings is 2. The molecule has 2 heterocycles. The standard InChI is InChI=1S/C18H13N5OS/c19-16(24)11-1-4-14(5-2-11)22-18-21-10-13-9-12(3-6-15(13)23-18)17-20-7-8-25-17/h1-10H,(H2,19,24)(H,21,22,23). The molecule has 0 atom stereocenters. The second-order valence-corrected chi connectivity index (χ2v) is 6.27. The van der Waals surface area contributed by atoms with Gasteiger partial charge in [-0.25, -0.2) is 15.0 Å². The van der Waals surface area contributed by atoms with Crippen molar-refractivity contribution in [1.29, 1.82) is 0 Å². The summed E-state index contributed by atoms with van der Waals surface area (Å²) in [5.41, 5.74) is 8.37. The predicted molar refractivity (Wildman–Crippen MR) is 98.9 cm³/mol. The number of rotatable bonds is 4. The fourth-order valence-electron chi connectivity index (χ4n) is 2.44. The molecule has 0 saturated heterocycles. The average Bonchev–Trinajstić information content (AvgIpc) is 3.16. The number of hydrogen-bond acceptors (Lipinski definition) is 6. The molecular formula is C18H13N5OS. The molecule has 0 spiro atoms. The van der Waals surface area contributed by atoms with Crippen molar-refractivity contribution in [1.82, 2.24) is 15.0 Å². The number of anilines is 2. The van der Waals surface area contributed by atoms with Crippen LogP contribution < -0.4 is 11.1 Å². The highest BCUT2D eigenvalue weighted by molar-refractivity contribution is 7.13. The second kappa shape index (κ2) is 6.29. The number of carbonyl (C=O) groups is 1. The molecule has 4 rings (SSSR count). The second-order valence-electron chi connectivity index (χ2n) is 5.37. The van der Waals surface area contributed by atoms with Crippen molar-refractivity contribution in [2.24, 2.45) is 5.73 Å². The molecule has 0 aliphatic heterocycles. The van der Waals surface area contributed by atoms with E-state index >= 15 is 0 Å². The van der Waals surface area contributed by atoms with E-state index in [1.165, 1.54) is 0 Å². The fourth-order valence-corrected chi connectivity index (χ4v) is 3.07. The summed E-state index contributed by atoms with van der Waals surface area (Å²) in [6.45, 7) is 0. The molecule has 25 heavy (non-hydrogen) atoms. The van der Waals surface area contributed by atoms with Crippen molar-refractivity contribution in [2.75, 3.05) is 5.32 Å². The van der Waals surface area contributed by atoms with E-state index in [0.717, 1.165) is 27.2 Å². The summed E-state index contributed by atoms with van der Waals surface area (Å²) in [4.78, 5) is 24.3. The van der Waals surface area contributed by atoms with Gasteiger partial charge in [0, 0.05) is 40.0 Å². The Hall–Kier alpha value is -3.32. The van der Waals surface area contributed by atoms with Crippen molar-refractivity contribution >= 4 is 39.8 Å². The Morgan fingerprint density at radius 3 is 2.64 bits per heavy atom. The number of aromatic nitrogens is 3. The highest BCUT2D eigenvalue weighted by Gasteiger charge is 2.06. The zero-order valence-corrected chi connectivity index (χ0v) is 13.8. The molecular weight excluding hydrogens is 334 g/mol. The molecule has 0 unspecified atom stereocenters. The minimum Gasteiger partial charge on any atom is -0.366 e. The summed E-state index contributed by atoms with van der Waals surface area (Å²) in [7, 11) is 0. The van der Waals surface area contributed by atoms with Crippen LogP contribution in [-0.2, 0) is 0 Å². The number of primary amides is 1. The molecule has 0 saturated carbocycles. The van der Waals surface area contributed by atoms with E-state index in [-0.39, 0.29) is 0 Å². The van der Waals surface area contributed by atoms with Gasteiger partial charge in [0.15, 0.2) is 0 Å². The van der Waals surface area contributed by atoms with E-state index in [1.54, 1.807) is 48.0 Å². The lowest BCUT2D eigenvalue weighted by atomic mass is 10.1. The molecule has 122 valence electrons. The number of hydrogen-bond donors (Lipinski definition) is 2. The van der Waals surface area contributed by atoms with Gasteiger partial charge < -0.3 is 11.1 Å². The molecule has 1 amide bonds. The Kier molecular flexibility index (Phi) is 3.83. The van der Waals surface area contributed by atoms with Crippen LogP contribution in [0.1, 0.15) is 10.4 Å². The first-order valence-corrected chi connectivity index (χ1v) is 8.40. The third-order valence-electron chi connectivity index (χ3n) is 3.68. The third kappa shape index (κ3) is 3.17. The van der Waals surface area contributed by atoms with E-state index in [2.05, 4.69) is 20.3 Å². The largest absolute Gasteiger partial charge is 0.366 e. The van der Waals surface area contributed by atoms with Gasteiger partial charge in [-0.05, 0) is 42.5 Å². The van der Waals surface area contributed by atoms with Crippen LogP contribution in [0.2, 0.25) is 0 Å². The minimum atomic E-state index is -0.454. The monoisotopic (exact) mass is 347 g/mol. The zero-order valence-electron chi connectivity index (χ0n) is 13.0. The number of nitrogens with two attached hydrogens (primary N) is 1. The number of nitrogens with one attached hydrogen (secondary N) is 1. The Labute approximate surface area is 147 Å². The van der Waals surface area contributed by atoms with Crippen LogP contribution in [0.5, 0.6) is 0 Å². The number of nitrogens with zero attached hydrogens (tertiary/aromatic N) is 3. The summed E-state index contributed by atoms with van der Waals surface area (Å²) in [5, 5.41) is 6.99. The van der Waals surface area contributed by atoms with Crippen molar-refractivity contribution in [3.8, 4) is 10.6 Å². The van der Waals surface area contributed by atoms with Gasteiger partial charge in [0.25, 0.3) is 0 Å². The average molecular weight is 347 g/mol. The molecule has 4 aromatic rings. The molecule has 2 aromatic heterocycles. The van der Waals surface area contributed by atoms with E-state index in [4.69, 9.17) is 5.73 Å². The molecule has 0 aliphatic carbocycles. The Morgan fingerprint density at radius 1 is 1.08 bits per heavy atom. The molecule has 3 N–H and O–H groups in total. The number of thiazole rings is 1. The fraction of sp³-hybridized carbons (Fsp3) is 0. The highest BCUT2D eigenvalue weighted by atomic mass is 32.1. The molecule has 0 fully saturated rings. The Balaban J connectivity index is 1.60. The van der Waals surface area contributed by atoms with Crippen molar-refractivity contribution < 1.29 is 4.79 Å². The van der Waals surface area contributed by atoms with Crippen molar-refractivity contribution in [3.63, 3.8) is 0 Å². The quantitative estimate of drug-likeness (QED) is 0.588. The van der Waals surface area contributed by atoms with Gasteiger partial charge in [-0.3, -0.25) is 4.79 Å². The summed E-state index contributed by atoms with van der Waals surface area (Å²) < 4.78 is 0. The van der Waals surface area contributed by atoms with Gasteiger partial charge in [0.05, 0.1) is 5.52 Å². The molecule has 0 aliphatic rings. The molecule has 0 bridgehead atoms. The van der Waals surface area contributed by atoms with Crippen molar-refractivity contribution in [2.45, 2.75) is 0 Å². The molecule has 0 radical (unpaired) electrons. The van der Waals surface area contributed by atoms with Gasteiger partial charge >= 0.3 is 0 Å². The third-order valence-corrected chi connectivity index (χ3v) is 4.51. The Bertz CT molecular complexity index is 1040. The molecule has 6 nitrogen and oxygen atoms in total. The van der Waals surface area contributed by atoms with Crippen molar-refractivity contribution in [3.05, 3.63) is 65.8 Å². The highest BCUT2D eigenvalue weighted by Crippen LogP contribution is 2.25. The summed E-state index contributed by atoms with van der Waals surface area (Å²) in [6.07, 6.45) is 3.57.